The van der Waals surface area contributed by atoms with Crippen LogP contribution in [-0.2, 0) is 6.42 Å². The Hall–Kier alpha value is -1.83. The van der Waals surface area contributed by atoms with Crippen LogP contribution in [0.5, 0.6) is 5.75 Å². The van der Waals surface area contributed by atoms with Crippen LogP contribution in [0.25, 0.3) is 11.1 Å². The second-order valence-corrected chi connectivity index (χ2v) is 7.06. The van der Waals surface area contributed by atoms with Crippen LogP contribution in [0.4, 0.5) is 4.39 Å². The highest BCUT2D eigenvalue weighted by Gasteiger charge is 2.07. The Morgan fingerprint density at radius 1 is 0.769 bits per heavy atom. The maximum Gasteiger partial charge on any atom is 0.131 e. The van der Waals surface area contributed by atoms with E-state index in [1.54, 1.807) is 6.07 Å². The minimum Gasteiger partial charge on any atom is -0.494 e. The number of rotatable bonds is 12. The van der Waals surface area contributed by atoms with Gasteiger partial charge in [0, 0.05) is 5.56 Å². The molecule has 0 saturated carbocycles. The van der Waals surface area contributed by atoms with Crippen LogP contribution >= 0.6 is 0 Å². The zero-order valence-corrected chi connectivity index (χ0v) is 16.4. The monoisotopic (exact) mass is 356 g/mol. The summed E-state index contributed by atoms with van der Waals surface area (Å²) in [6.45, 7) is 5.12. The van der Waals surface area contributed by atoms with Crippen molar-refractivity contribution < 1.29 is 9.13 Å². The highest BCUT2D eigenvalue weighted by molar-refractivity contribution is 5.66. The number of benzene rings is 2. The van der Waals surface area contributed by atoms with E-state index in [1.807, 2.05) is 18.2 Å². The molecule has 0 aliphatic heterocycles. The lowest BCUT2D eigenvalue weighted by molar-refractivity contribution is 0.305. The Morgan fingerprint density at radius 3 is 2.15 bits per heavy atom. The summed E-state index contributed by atoms with van der Waals surface area (Å²) in [5.41, 5.74) is 2.86. The first-order valence-corrected chi connectivity index (χ1v) is 10.3. The topological polar surface area (TPSA) is 9.23 Å². The summed E-state index contributed by atoms with van der Waals surface area (Å²) < 4.78 is 20.1. The quantitative estimate of drug-likeness (QED) is 0.356. The second-order valence-electron chi connectivity index (χ2n) is 7.06. The largest absolute Gasteiger partial charge is 0.494 e. The number of aryl methyl sites for hydroxylation is 1. The molecule has 0 aliphatic carbocycles. The average molecular weight is 357 g/mol. The molecule has 0 saturated heterocycles. The Morgan fingerprint density at radius 2 is 1.46 bits per heavy atom. The summed E-state index contributed by atoms with van der Waals surface area (Å²) in [5, 5.41) is 0. The molecule has 0 atom stereocenters. The van der Waals surface area contributed by atoms with E-state index in [0.29, 0.717) is 12.2 Å². The van der Waals surface area contributed by atoms with Gasteiger partial charge in [-0.25, -0.2) is 4.39 Å². The SMILES string of the molecule is CCCCCCOc1ccc(F)c(-c2ccc(CCCCCC)cc2)c1. The molecule has 0 unspecified atom stereocenters. The molecule has 142 valence electrons. The van der Waals surface area contributed by atoms with Crippen LogP contribution in [0.15, 0.2) is 42.5 Å². The molecular formula is C24H33FO. The first kappa shape index (κ1) is 20.5. The minimum absolute atomic E-state index is 0.195. The fraction of sp³-hybridized carbons (Fsp3) is 0.500. The van der Waals surface area contributed by atoms with Gasteiger partial charge in [0.15, 0.2) is 0 Å². The fourth-order valence-corrected chi connectivity index (χ4v) is 3.14. The van der Waals surface area contributed by atoms with Gasteiger partial charge in [-0.3, -0.25) is 0 Å². The maximum atomic E-state index is 14.3. The highest BCUT2D eigenvalue weighted by Crippen LogP contribution is 2.28. The standard InChI is InChI=1S/C24H33FO/c1-3-5-7-9-11-20-12-14-21(15-13-20)23-19-22(16-17-24(23)25)26-18-10-8-6-4-2/h12-17,19H,3-11,18H2,1-2H3. The molecule has 0 aromatic heterocycles. The summed E-state index contributed by atoms with van der Waals surface area (Å²) in [6, 6.07) is 13.4. The van der Waals surface area contributed by atoms with E-state index in [1.165, 1.54) is 56.6 Å². The van der Waals surface area contributed by atoms with E-state index in [-0.39, 0.29) is 5.82 Å². The molecule has 1 nitrogen and oxygen atoms in total. The Bertz CT molecular complexity index is 633. The molecule has 2 rings (SSSR count). The van der Waals surface area contributed by atoms with Gasteiger partial charge >= 0.3 is 0 Å². The second kappa shape index (κ2) is 11.7. The van der Waals surface area contributed by atoms with Crippen LogP contribution in [0, 0.1) is 5.82 Å². The van der Waals surface area contributed by atoms with E-state index in [0.717, 1.165) is 24.2 Å². The summed E-state index contributed by atoms with van der Waals surface area (Å²) >= 11 is 0. The predicted octanol–water partition coefficient (Wildman–Crippen LogP) is 7.57. The Kier molecular flexibility index (Phi) is 9.23. The molecule has 0 fully saturated rings. The van der Waals surface area contributed by atoms with Crippen molar-refractivity contribution in [2.75, 3.05) is 6.61 Å². The van der Waals surface area contributed by atoms with Crippen LogP contribution in [-0.4, -0.2) is 6.61 Å². The average Bonchev–Trinajstić information content (AvgIpc) is 2.67. The number of hydrogen-bond acceptors (Lipinski definition) is 1. The van der Waals surface area contributed by atoms with Crippen molar-refractivity contribution in [3.63, 3.8) is 0 Å². The van der Waals surface area contributed by atoms with Crippen LogP contribution < -0.4 is 4.74 Å². The predicted molar refractivity (Wildman–Crippen MR) is 109 cm³/mol. The smallest absolute Gasteiger partial charge is 0.131 e. The van der Waals surface area contributed by atoms with Gasteiger partial charge in [0.1, 0.15) is 11.6 Å². The molecule has 0 aliphatic rings. The lowest BCUT2D eigenvalue weighted by atomic mass is 10.0. The zero-order valence-electron chi connectivity index (χ0n) is 16.4. The maximum absolute atomic E-state index is 14.3. The molecule has 2 aromatic rings. The number of halogens is 1. The fourth-order valence-electron chi connectivity index (χ4n) is 3.14. The van der Waals surface area contributed by atoms with Gasteiger partial charge in [0.05, 0.1) is 6.61 Å². The van der Waals surface area contributed by atoms with E-state index >= 15 is 0 Å². The van der Waals surface area contributed by atoms with E-state index < -0.39 is 0 Å². The van der Waals surface area contributed by atoms with E-state index in [4.69, 9.17) is 4.74 Å². The normalized spacial score (nSPS) is 10.9. The van der Waals surface area contributed by atoms with Crippen LogP contribution in [0.1, 0.15) is 70.8 Å². The molecule has 0 spiro atoms. The van der Waals surface area contributed by atoms with Gasteiger partial charge in [-0.1, -0.05) is 76.6 Å². The van der Waals surface area contributed by atoms with Gasteiger partial charge in [0.2, 0.25) is 0 Å². The Balaban J connectivity index is 1.95. The number of ether oxygens (including phenoxy) is 1. The van der Waals surface area contributed by atoms with E-state index in [9.17, 15) is 4.39 Å². The van der Waals surface area contributed by atoms with Gasteiger partial charge in [-0.05, 0) is 48.6 Å². The number of unbranched alkanes of at least 4 members (excludes halogenated alkanes) is 6. The molecular weight excluding hydrogens is 323 g/mol. The third kappa shape index (κ3) is 6.82. The molecule has 0 bridgehead atoms. The third-order valence-corrected chi connectivity index (χ3v) is 4.79. The van der Waals surface area contributed by atoms with Gasteiger partial charge in [0.25, 0.3) is 0 Å². The van der Waals surface area contributed by atoms with Crippen molar-refractivity contribution in [3.8, 4) is 16.9 Å². The molecule has 2 aromatic carbocycles. The lowest BCUT2D eigenvalue weighted by Gasteiger charge is -2.10. The molecule has 0 heterocycles. The van der Waals surface area contributed by atoms with Crippen molar-refractivity contribution in [2.45, 2.75) is 71.6 Å². The summed E-state index contributed by atoms with van der Waals surface area (Å²) in [6.07, 6.45) is 10.9. The Labute approximate surface area is 158 Å². The van der Waals surface area contributed by atoms with E-state index in [2.05, 4.69) is 26.0 Å². The molecule has 0 amide bonds. The summed E-state index contributed by atoms with van der Waals surface area (Å²) in [5.74, 6) is 0.556. The van der Waals surface area contributed by atoms with Crippen LogP contribution in [0.3, 0.4) is 0 Å². The molecule has 0 radical (unpaired) electrons. The summed E-state index contributed by atoms with van der Waals surface area (Å²) in [7, 11) is 0. The summed E-state index contributed by atoms with van der Waals surface area (Å²) in [4.78, 5) is 0. The van der Waals surface area contributed by atoms with Crippen molar-refractivity contribution in [1.29, 1.82) is 0 Å². The first-order valence-electron chi connectivity index (χ1n) is 10.3. The first-order chi connectivity index (χ1) is 12.7. The third-order valence-electron chi connectivity index (χ3n) is 4.79. The van der Waals surface area contributed by atoms with Gasteiger partial charge in [-0.15, -0.1) is 0 Å². The highest BCUT2D eigenvalue weighted by atomic mass is 19.1. The molecule has 0 N–H and O–H groups in total. The molecule has 26 heavy (non-hydrogen) atoms. The molecule has 2 heteroatoms. The zero-order chi connectivity index (χ0) is 18.6. The van der Waals surface area contributed by atoms with Crippen molar-refractivity contribution >= 4 is 0 Å². The lowest BCUT2D eigenvalue weighted by Crippen LogP contribution is -1.98. The van der Waals surface area contributed by atoms with Crippen molar-refractivity contribution in [3.05, 3.63) is 53.8 Å². The van der Waals surface area contributed by atoms with Gasteiger partial charge in [-0.2, -0.15) is 0 Å². The van der Waals surface area contributed by atoms with Gasteiger partial charge < -0.3 is 4.74 Å². The van der Waals surface area contributed by atoms with Crippen molar-refractivity contribution in [2.24, 2.45) is 0 Å². The van der Waals surface area contributed by atoms with Crippen LogP contribution in [0.2, 0.25) is 0 Å². The minimum atomic E-state index is -0.195. The number of hydrogen-bond donors (Lipinski definition) is 0. The van der Waals surface area contributed by atoms with Crippen molar-refractivity contribution in [1.82, 2.24) is 0 Å².